The normalized spacial score (nSPS) is 12.0. The summed E-state index contributed by atoms with van der Waals surface area (Å²) in [6, 6.07) is 12.0. The van der Waals surface area contributed by atoms with Crippen molar-refractivity contribution in [1.29, 1.82) is 0 Å². The van der Waals surface area contributed by atoms with Gasteiger partial charge in [0.05, 0.1) is 16.3 Å². The number of hydrogen-bond donors (Lipinski definition) is 1. The molecule has 2 aromatic carbocycles. The van der Waals surface area contributed by atoms with Crippen molar-refractivity contribution in [2.75, 3.05) is 0 Å². The molecule has 0 saturated heterocycles. The Kier molecular flexibility index (Phi) is 5.42. The minimum absolute atomic E-state index is 0.145. The third kappa shape index (κ3) is 4.60. The Morgan fingerprint density at radius 2 is 1.66 bits per heavy atom. The number of benzene rings is 2. The number of hydrogen-bond acceptors (Lipinski definition) is 4. The zero-order chi connectivity index (χ0) is 21.4. The minimum Gasteiger partial charge on any atom is -0.274 e. The molecular weight excluding hydrogens is 431 g/mol. The number of alkyl halides is 3. The van der Waals surface area contributed by atoms with E-state index in [4.69, 9.17) is 11.6 Å². The van der Waals surface area contributed by atoms with Crippen LogP contribution in [0.2, 0.25) is 5.02 Å². The molecule has 0 spiro atoms. The fraction of sp³-hybridized carbons (Fsp3) is 0.111. The predicted molar refractivity (Wildman–Crippen MR) is 100 cm³/mol. The summed E-state index contributed by atoms with van der Waals surface area (Å²) in [5.41, 5.74) is -0.316. The molecule has 0 radical (unpaired) electrons. The fourth-order valence-electron chi connectivity index (χ4n) is 2.56. The van der Waals surface area contributed by atoms with Crippen molar-refractivity contribution in [1.82, 2.24) is 14.5 Å². The average molecular weight is 444 g/mol. The molecule has 0 aliphatic rings. The number of rotatable bonds is 4. The smallest absolute Gasteiger partial charge is 0.274 e. The van der Waals surface area contributed by atoms with Crippen molar-refractivity contribution in [3.63, 3.8) is 0 Å². The molecule has 0 saturated carbocycles. The number of aromatic nitrogens is 2. The molecule has 11 heteroatoms. The first-order valence-corrected chi connectivity index (χ1v) is 9.90. The summed E-state index contributed by atoms with van der Waals surface area (Å²) >= 11 is 5.84. The van der Waals surface area contributed by atoms with E-state index in [1.165, 1.54) is 36.4 Å². The Morgan fingerprint density at radius 3 is 2.17 bits per heavy atom. The molecule has 152 valence electrons. The Labute approximate surface area is 169 Å². The second kappa shape index (κ2) is 7.53. The molecule has 3 aromatic rings. The van der Waals surface area contributed by atoms with E-state index >= 15 is 0 Å². The van der Waals surface area contributed by atoms with Gasteiger partial charge in [0, 0.05) is 17.5 Å². The second-order valence-corrected chi connectivity index (χ2v) is 8.11. The molecule has 0 atom stereocenters. The number of carbonyl (C=O) groups is 1. The van der Waals surface area contributed by atoms with Gasteiger partial charge < -0.3 is 0 Å². The molecule has 3 rings (SSSR count). The molecule has 1 aromatic heterocycles. The lowest BCUT2D eigenvalue weighted by molar-refractivity contribution is -0.141. The molecule has 29 heavy (non-hydrogen) atoms. The lowest BCUT2D eigenvalue weighted by atomic mass is 10.1. The van der Waals surface area contributed by atoms with Crippen molar-refractivity contribution in [3.05, 3.63) is 65.3 Å². The molecule has 0 fully saturated rings. The van der Waals surface area contributed by atoms with E-state index in [9.17, 15) is 26.4 Å². The summed E-state index contributed by atoms with van der Waals surface area (Å²) in [4.78, 5) is 10.8. The maximum atomic E-state index is 13.2. The van der Waals surface area contributed by atoms with Gasteiger partial charge in [-0.05, 0) is 42.5 Å². The number of nitrogens with zero attached hydrogens (tertiary/aromatic N) is 2. The van der Waals surface area contributed by atoms with Gasteiger partial charge in [-0.1, -0.05) is 23.7 Å². The van der Waals surface area contributed by atoms with Crippen molar-refractivity contribution < 1.29 is 26.4 Å². The molecular formula is C18H13ClF3N3O3S. The Morgan fingerprint density at radius 1 is 1.07 bits per heavy atom. The molecule has 0 aliphatic heterocycles. The van der Waals surface area contributed by atoms with Crippen LogP contribution in [0.1, 0.15) is 12.6 Å². The lowest BCUT2D eigenvalue weighted by Gasteiger charge is -2.09. The molecule has 1 amide bonds. The van der Waals surface area contributed by atoms with Crippen LogP contribution in [0.25, 0.3) is 16.9 Å². The van der Waals surface area contributed by atoms with Crippen LogP contribution in [0, 0.1) is 0 Å². The van der Waals surface area contributed by atoms with Crippen LogP contribution in [0.3, 0.4) is 0 Å². The molecule has 0 bridgehead atoms. The van der Waals surface area contributed by atoms with Crippen molar-refractivity contribution >= 4 is 27.5 Å². The highest BCUT2D eigenvalue weighted by Gasteiger charge is 2.35. The predicted octanol–water partition coefficient (Wildman–Crippen LogP) is 4.04. The van der Waals surface area contributed by atoms with E-state index in [1.807, 2.05) is 4.72 Å². The van der Waals surface area contributed by atoms with Crippen LogP contribution in [0.4, 0.5) is 13.2 Å². The highest BCUT2D eigenvalue weighted by molar-refractivity contribution is 7.90. The number of sulfonamides is 1. The standard InChI is InChI=1S/C18H13ClF3N3O3S/c1-11(26)24-29(27,28)15-8-6-14(7-9-15)25-16(10-17(23-25)18(20,21)22)12-2-4-13(19)5-3-12/h2-10H,1H3,(H,24,26). The number of carbonyl (C=O) groups excluding carboxylic acids is 1. The van der Waals surface area contributed by atoms with E-state index in [-0.39, 0.29) is 16.3 Å². The van der Waals surface area contributed by atoms with E-state index < -0.39 is 27.8 Å². The number of halogens is 4. The molecule has 0 aliphatic carbocycles. The fourth-order valence-corrected chi connectivity index (χ4v) is 3.67. The monoisotopic (exact) mass is 443 g/mol. The SMILES string of the molecule is CC(=O)NS(=O)(=O)c1ccc(-n2nc(C(F)(F)F)cc2-c2ccc(Cl)cc2)cc1. The van der Waals surface area contributed by atoms with E-state index in [0.29, 0.717) is 10.6 Å². The van der Waals surface area contributed by atoms with Gasteiger partial charge in [-0.2, -0.15) is 18.3 Å². The van der Waals surface area contributed by atoms with Crippen molar-refractivity contribution in [3.8, 4) is 16.9 Å². The Balaban J connectivity index is 2.09. The van der Waals surface area contributed by atoms with E-state index in [1.54, 1.807) is 12.1 Å². The molecule has 6 nitrogen and oxygen atoms in total. The summed E-state index contributed by atoms with van der Waals surface area (Å²) in [6.45, 7) is 1.05. The lowest BCUT2D eigenvalue weighted by Crippen LogP contribution is -2.28. The number of amides is 1. The van der Waals surface area contributed by atoms with Gasteiger partial charge in [0.15, 0.2) is 5.69 Å². The minimum atomic E-state index is -4.67. The topological polar surface area (TPSA) is 81.1 Å². The van der Waals surface area contributed by atoms with E-state index in [0.717, 1.165) is 17.7 Å². The average Bonchev–Trinajstić information content (AvgIpc) is 3.07. The summed E-state index contributed by atoms with van der Waals surface area (Å²) in [5, 5.41) is 4.05. The van der Waals surface area contributed by atoms with Crippen LogP contribution in [0.5, 0.6) is 0 Å². The highest BCUT2D eigenvalue weighted by atomic mass is 35.5. The van der Waals surface area contributed by atoms with Gasteiger partial charge >= 0.3 is 6.18 Å². The zero-order valence-electron chi connectivity index (χ0n) is 14.7. The van der Waals surface area contributed by atoms with Gasteiger partial charge in [0.1, 0.15) is 0 Å². The van der Waals surface area contributed by atoms with Gasteiger partial charge in [0.25, 0.3) is 10.0 Å². The van der Waals surface area contributed by atoms with Crippen LogP contribution in [-0.2, 0) is 21.0 Å². The van der Waals surface area contributed by atoms with Gasteiger partial charge in [-0.3, -0.25) is 4.79 Å². The first kappa shape index (κ1) is 20.9. The van der Waals surface area contributed by atoms with Gasteiger partial charge in [-0.15, -0.1) is 0 Å². The molecule has 1 heterocycles. The Hall–Kier alpha value is -2.85. The molecule has 1 N–H and O–H groups in total. The summed E-state index contributed by atoms with van der Waals surface area (Å²) in [6.07, 6.45) is -4.67. The zero-order valence-corrected chi connectivity index (χ0v) is 16.3. The largest absolute Gasteiger partial charge is 0.435 e. The third-order valence-electron chi connectivity index (χ3n) is 3.81. The maximum Gasteiger partial charge on any atom is 0.435 e. The van der Waals surface area contributed by atoms with Crippen LogP contribution < -0.4 is 4.72 Å². The van der Waals surface area contributed by atoms with Crippen LogP contribution in [0.15, 0.2) is 59.5 Å². The van der Waals surface area contributed by atoms with Crippen LogP contribution in [-0.4, -0.2) is 24.1 Å². The number of nitrogens with one attached hydrogen (secondary N) is 1. The van der Waals surface area contributed by atoms with Crippen molar-refractivity contribution in [2.45, 2.75) is 18.0 Å². The summed E-state index contributed by atoms with van der Waals surface area (Å²) in [5.74, 6) is -0.763. The quantitative estimate of drug-likeness (QED) is 0.660. The van der Waals surface area contributed by atoms with Crippen molar-refractivity contribution in [2.24, 2.45) is 0 Å². The Bertz CT molecular complexity index is 1160. The summed E-state index contributed by atoms with van der Waals surface area (Å²) < 4.78 is 66.5. The first-order valence-electron chi connectivity index (χ1n) is 8.04. The van der Waals surface area contributed by atoms with E-state index in [2.05, 4.69) is 5.10 Å². The van der Waals surface area contributed by atoms with Gasteiger partial charge in [0.2, 0.25) is 5.91 Å². The highest BCUT2D eigenvalue weighted by Crippen LogP contribution is 2.33. The van der Waals surface area contributed by atoms with Gasteiger partial charge in [-0.25, -0.2) is 17.8 Å². The maximum absolute atomic E-state index is 13.2. The second-order valence-electron chi connectivity index (χ2n) is 5.99. The summed E-state index contributed by atoms with van der Waals surface area (Å²) in [7, 11) is -4.07. The third-order valence-corrected chi connectivity index (χ3v) is 5.51. The van der Waals surface area contributed by atoms with Crippen LogP contribution >= 0.6 is 11.6 Å². The molecule has 0 unspecified atom stereocenters. The first-order chi connectivity index (χ1) is 13.5.